The second-order valence-corrected chi connectivity index (χ2v) is 5.67. The lowest BCUT2D eigenvalue weighted by Gasteiger charge is -2.01. The van der Waals surface area contributed by atoms with Gasteiger partial charge >= 0.3 is 0 Å². The molecular formula is C15H14N4OS. The van der Waals surface area contributed by atoms with Crippen LogP contribution in [0.1, 0.15) is 26.6 Å². The molecule has 0 radical (unpaired) electrons. The van der Waals surface area contributed by atoms with Crippen LogP contribution >= 0.6 is 11.3 Å². The van der Waals surface area contributed by atoms with Crippen molar-refractivity contribution >= 4 is 29.1 Å². The van der Waals surface area contributed by atoms with Gasteiger partial charge in [-0.05, 0) is 43.0 Å². The number of imidazole rings is 1. The van der Waals surface area contributed by atoms with Crippen molar-refractivity contribution < 1.29 is 4.79 Å². The quantitative estimate of drug-likeness (QED) is 0.597. The Hall–Kier alpha value is -2.47. The maximum Gasteiger partial charge on any atom is 0.290 e. The fourth-order valence-electron chi connectivity index (χ4n) is 2.11. The topological polar surface area (TPSA) is 58.8 Å². The monoisotopic (exact) mass is 298 g/mol. The first kappa shape index (κ1) is 13.5. The molecule has 0 aliphatic carbocycles. The maximum absolute atomic E-state index is 12.3. The first-order valence-electron chi connectivity index (χ1n) is 6.47. The van der Waals surface area contributed by atoms with Gasteiger partial charge < -0.3 is 0 Å². The van der Waals surface area contributed by atoms with E-state index in [4.69, 9.17) is 0 Å². The zero-order chi connectivity index (χ0) is 14.8. The van der Waals surface area contributed by atoms with Crippen molar-refractivity contribution in [3.63, 3.8) is 0 Å². The fraction of sp³-hybridized carbons (Fsp3) is 0.133. The SMILES string of the molecule is Cc1ccn2c(C(=O)N/N=C/c3cccs3)c(C)nc2c1. The molecule has 0 aliphatic rings. The van der Waals surface area contributed by atoms with Crippen molar-refractivity contribution in [3.8, 4) is 0 Å². The van der Waals surface area contributed by atoms with E-state index in [1.165, 1.54) is 0 Å². The zero-order valence-corrected chi connectivity index (χ0v) is 12.5. The first-order chi connectivity index (χ1) is 10.1. The number of hydrazone groups is 1. The molecule has 3 heterocycles. The van der Waals surface area contributed by atoms with Crippen LogP contribution in [-0.2, 0) is 0 Å². The predicted molar refractivity (Wildman–Crippen MR) is 84.0 cm³/mol. The van der Waals surface area contributed by atoms with Gasteiger partial charge in [-0.25, -0.2) is 10.4 Å². The molecule has 0 unspecified atom stereocenters. The number of carbonyl (C=O) groups excluding carboxylic acids is 1. The third-order valence-electron chi connectivity index (χ3n) is 3.07. The number of pyridine rings is 1. The number of aromatic nitrogens is 2. The number of carbonyl (C=O) groups is 1. The highest BCUT2D eigenvalue weighted by atomic mass is 32.1. The van der Waals surface area contributed by atoms with Gasteiger partial charge in [0.1, 0.15) is 11.3 Å². The molecule has 0 saturated heterocycles. The van der Waals surface area contributed by atoms with Crippen LogP contribution in [-0.4, -0.2) is 21.5 Å². The van der Waals surface area contributed by atoms with Gasteiger partial charge in [0, 0.05) is 11.1 Å². The summed E-state index contributed by atoms with van der Waals surface area (Å²) in [5, 5.41) is 5.94. The highest BCUT2D eigenvalue weighted by Gasteiger charge is 2.15. The number of nitrogens with one attached hydrogen (secondary N) is 1. The molecule has 106 valence electrons. The molecule has 0 spiro atoms. The van der Waals surface area contributed by atoms with E-state index in [9.17, 15) is 4.79 Å². The minimum absolute atomic E-state index is 0.267. The largest absolute Gasteiger partial charge is 0.295 e. The zero-order valence-electron chi connectivity index (χ0n) is 11.7. The molecule has 1 amide bonds. The molecule has 0 bridgehead atoms. The Morgan fingerprint density at radius 3 is 3.05 bits per heavy atom. The van der Waals surface area contributed by atoms with Crippen LogP contribution in [0.2, 0.25) is 0 Å². The summed E-state index contributed by atoms with van der Waals surface area (Å²) < 4.78 is 1.78. The van der Waals surface area contributed by atoms with E-state index in [1.807, 2.05) is 49.7 Å². The molecule has 0 fully saturated rings. The number of nitrogens with zero attached hydrogens (tertiary/aromatic N) is 3. The van der Waals surface area contributed by atoms with Crippen LogP contribution in [0.3, 0.4) is 0 Å². The van der Waals surface area contributed by atoms with Crippen molar-refractivity contribution in [1.82, 2.24) is 14.8 Å². The molecule has 6 heteroatoms. The Kier molecular flexibility index (Phi) is 3.53. The number of amides is 1. The molecular weight excluding hydrogens is 284 g/mol. The minimum Gasteiger partial charge on any atom is -0.295 e. The molecule has 5 nitrogen and oxygen atoms in total. The third-order valence-corrected chi connectivity index (χ3v) is 3.88. The molecule has 0 saturated carbocycles. The molecule has 3 aromatic heterocycles. The Balaban J connectivity index is 1.86. The fourth-order valence-corrected chi connectivity index (χ4v) is 2.69. The van der Waals surface area contributed by atoms with Gasteiger partial charge in [-0.3, -0.25) is 9.20 Å². The lowest BCUT2D eigenvalue weighted by molar-refractivity contribution is 0.0948. The van der Waals surface area contributed by atoms with E-state index in [1.54, 1.807) is 22.0 Å². The van der Waals surface area contributed by atoms with Gasteiger partial charge in [-0.2, -0.15) is 5.10 Å². The summed E-state index contributed by atoms with van der Waals surface area (Å²) in [6.45, 7) is 3.81. The number of hydrogen-bond acceptors (Lipinski definition) is 4. The molecule has 0 atom stereocenters. The number of fused-ring (bicyclic) bond motifs is 1. The van der Waals surface area contributed by atoms with Crippen LogP contribution in [0.15, 0.2) is 40.9 Å². The molecule has 0 aliphatic heterocycles. The standard InChI is InChI=1S/C15H14N4OS/c1-10-5-6-19-13(8-10)17-11(2)14(19)15(20)18-16-9-12-4-3-7-21-12/h3-9H,1-2H3,(H,18,20)/b16-9+. The number of thiophene rings is 1. The maximum atomic E-state index is 12.3. The van der Waals surface area contributed by atoms with Gasteiger partial charge in [0.15, 0.2) is 0 Å². The predicted octanol–water partition coefficient (Wildman–Crippen LogP) is 2.78. The summed E-state index contributed by atoms with van der Waals surface area (Å²) in [7, 11) is 0. The summed E-state index contributed by atoms with van der Waals surface area (Å²) in [6, 6.07) is 7.76. The molecule has 21 heavy (non-hydrogen) atoms. The lowest BCUT2D eigenvalue weighted by Crippen LogP contribution is -2.20. The van der Waals surface area contributed by atoms with E-state index in [0.29, 0.717) is 11.4 Å². The summed E-state index contributed by atoms with van der Waals surface area (Å²) in [4.78, 5) is 17.7. The Morgan fingerprint density at radius 1 is 1.43 bits per heavy atom. The van der Waals surface area contributed by atoms with Crippen molar-refractivity contribution in [2.45, 2.75) is 13.8 Å². The van der Waals surface area contributed by atoms with Crippen molar-refractivity contribution in [3.05, 3.63) is 57.7 Å². The van der Waals surface area contributed by atoms with Gasteiger partial charge in [-0.1, -0.05) is 6.07 Å². The number of rotatable bonds is 3. The highest BCUT2D eigenvalue weighted by Crippen LogP contribution is 2.13. The van der Waals surface area contributed by atoms with E-state index in [2.05, 4.69) is 15.5 Å². The van der Waals surface area contributed by atoms with Gasteiger partial charge in [-0.15, -0.1) is 11.3 Å². The van der Waals surface area contributed by atoms with Crippen LogP contribution in [0.5, 0.6) is 0 Å². The van der Waals surface area contributed by atoms with Crippen molar-refractivity contribution in [2.75, 3.05) is 0 Å². The highest BCUT2D eigenvalue weighted by molar-refractivity contribution is 7.11. The van der Waals surface area contributed by atoms with Crippen LogP contribution in [0.25, 0.3) is 5.65 Å². The van der Waals surface area contributed by atoms with Crippen LogP contribution in [0.4, 0.5) is 0 Å². The normalized spacial score (nSPS) is 11.3. The number of hydrogen-bond donors (Lipinski definition) is 1. The van der Waals surface area contributed by atoms with E-state index in [0.717, 1.165) is 16.1 Å². The Labute approximate surface area is 126 Å². The van der Waals surface area contributed by atoms with E-state index >= 15 is 0 Å². The van der Waals surface area contributed by atoms with E-state index in [-0.39, 0.29) is 5.91 Å². The molecule has 3 aromatic rings. The summed E-state index contributed by atoms with van der Waals surface area (Å²) >= 11 is 1.56. The third kappa shape index (κ3) is 2.71. The summed E-state index contributed by atoms with van der Waals surface area (Å²) in [6.07, 6.45) is 3.48. The first-order valence-corrected chi connectivity index (χ1v) is 7.35. The molecule has 1 N–H and O–H groups in total. The van der Waals surface area contributed by atoms with Crippen molar-refractivity contribution in [2.24, 2.45) is 5.10 Å². The average molecular weight is 298 g/mol. The second-order valence-electron chi connectivity index (χ2n) is 4.69. The summed E-state index contributed by atoms with van der Waals surface area (Å²) in [5.74, 6) is -0.267. The molecule has 0 aromatic carbocycles. The second kappa shape index (κ2) is 5.49. The van der Waals surface area contributed by atoms with Crippen LogP contribution in [0, 0.1) is 13.8 Å². The van der Waals surface area contributed by atoms with E-state index < -0.39 is 0 Å². The van der Waals surface area contributed by atoms with Gasteiger partial charge in [0.2, 0.25) is 0 Å². The van der Waals surface area contributed by atoms with Crippen molar-refractivity contribution in [1.29, 1.82) is 0 Å². The smallest absolute Gasteiger partial charge is 0.290 e. The lowest BCUT2D eigenvalue weighted by atomic mass is 10.3. The molecule has 3 rings (SSSR count). The van der Waals surface area contributed by atoms with Gasteiger partial charge in [0.05, 0.1) is 11.9 Å². The Bertz CT molecular complexity index is 818. The number of aryl methyl sites for hydroxylation is 2. The minimum atomic E-state index is -0.267. The Morgan fingerprint density at radius 2 is 2.29 bits per heavy atom. The van der Waals surface area contributed by atoms with Crippen LogP contribution < -0.4 is 5.43 Å². The summed E-state index contributed by atoms with van der Waals surface area (Å²) in [5.41, 5.74) is 5.61. The van der Waals surface area contributed by atoms with Gasteiger partial charge in [0.25, 0.3) is 5.91 Å². The average Bonchev–Trinajstić information content (AvgIpc) is 3.04.